The van der Waals surface area contributed by atoms with Crippen molar-refractivity contribution in [3.05, 3.63) is 12.3 Å². The molecule has 7 heteroatoms. The summed E-state index contributed by atoms with van der Waals surface area (Å²) >= 11 is 0. The van der Waals surface area contributed by atoms with Crippen molar-refractivity contribution in [2.24, 2.45) is 11.3 Å². The van der Waals surface area contributed by atoms with Crippen molar-refractivity contribution in [1.29, 1.82) is 0 Å². The number of carbonyl (C=O) groups is 3. The highest BCUT2D eigenvalue weighted by Crippen LogP contribution is 2.47. The number of nitrogens with zero attached hydrogens (tertiary/aromatic N) is 1. The van der Waals surface area contributed by atoms with E-state index in [2.05, 4.69) is 0 Å². The number of hydrogen-bond donors (Lipinski definition) is 1. The molecule has 1 fully saturated rings. The molecule has 1 amide bonds. The second-order valence-corrected chi connectivity index (χ2v) is 6.75. The SMILES string of the molecule is CCOC(=O)C[C@H]1C[C@H](C2(C(=O)O)CCCCC2)C=CN1C(=O)OC. The monoisotopic (exact) mass is 353 g/mol. The molecule has 1 N–H and O–H groups in total. The van der Waals surface area contributed by atoms with E-state index in [1.54, 1.807) is 19.2 Å². The highest BCUT2D eigenvalue weighted by Gasteiger charge is 2.48. The van der Waals surface area contributed by atoms with Gasteiger partial charge in [0.1, 0.15) is 0 Å². The minimum atomic E-state index is -0.816. The van der Waals surface area contributed by atoms with Crippen LogP contribution in [-0.2, 0) is 19.1 Å². The zero-order valence-electron chi connectivity index (χ0n) is 14.9. The fourth-order valence-corrected chi connectivity index (χ4v) is 4.05. The second kappa shape index (κ2) is 8.36. The number of rotatable bonds is 5. The maximum absolute atomic E-state index is 12.0. The van der Waals surface area contributed by atoms with Crippen LogP contribution in [0.25, 0.3) is 0 Å². The highest BCUT2D eigenvalue weighted by atomic mass is 16.5. The number of methoxy groups -OCH3 is 1. The Bertz CT molecular complexity index is 538. The molecule has 2 atom stereocenters. The molecular formula is C18H27NO6. The maximum atomic E-state index is 12.0. The third kappa shape index (κ3) is 4.14. The summed E-state index contributed by atoms with van der Waals surface area (Å²) in [5, 5.41) is 9.88. The average Bonchev–Trinajstić information content (AvgIpc) is 2.61. The molecular weight excluding hydrogens is 326 g/mol. The number of carbonyl (C=O) groups excluding carboxylic acids is 2. The number of hydrogen-bond acceptors (Lipinski definition) is 5. The molecule has 0 aromatic heterocycles. The lowest BCUT2D eigenvalue weighted by atomic mass is 9.63. The van der Waals surface area contributed by atoms with Crippen molar-refractivity contribution in [3.63, 3.8) is 0 Å². The Hall–Kier alpha value is -2.05. The Balaban J connectivity index is 2.25. The standard InChI is InChI=1S/C18H27NO6/c1-3-25-15(20)12-14-11-13(7-10-19(14)17(23)24-2)18(16(21)22)8-5-4-6-9-18/h7,10,13-14H,3-6,8-9,11-12H2,1-2H3,(H,21,22)/t13-,14-/m1/s1. The summed E-state index contributed by atoms with van der Waals surface area (Å²) in [6.45, 7) is 1.99. The molecule has 0 bridgehead atoms. The molecule has 0 spiro atoms. The lowest BCUT2D eigenvalue weighted by Crippen LogP contribution is -2.47. The van der Waals surface area contributed by atoms with Gasteiger partial charge in [-0.15, -0.1) is 0 Å². The Labute approximate surface area is 148 Å². The Morgan fingerprint density at radius 2 is 1.92 bits per heavy atom. The lowest BCUT2D eigenvalue weighted by molar-refractivity contribution is -0.154. The smallest absolute Gasteiger partial charge is 0.413 e. The first kappa shape index (κ1) is 19.3. The number of allylic oxidation sites excluding steroid dienone is 1. The van der Waals surface area contributed by atoms with Crippen LogP contribution in [0.3, 0.4) is 0 Å². The predicted octanol–water partition coefficient (Wildman–Crippen LogP) is 2.95. The molecule has 1 saturated carbocycles. The summed E-state index contributed by atoms with van der Waals surface area (Å²) in [6.07, 6.45) is 7.32. The van der Waals surface area contributed by atoms with E-state index >= 15 is 0 Å². The van der Waals surface area contributed by atoms with E-state index in [-0.39, 0.29) is 18.9 Å². The fourth-order valence-electron chi connectivity index (χ4n) is 4.05. The fraction of sp³-hybridized carbons (Fsp3) is 0.722. The number of carboxylic acid groups (broad SMARTS) is 1. The molecule has 1 aliphatic heterocycles. The van der Waals surface area contributed by atoms with Gasteiger partial charge in [0.05, 0.1) is 31.6 Å². The van der Waals surface area contributed by atoms with E-state index < -0.39 is 29.5 Å². The largest absolute Gasteiger partial charge is 0.481 e. The molecule has 140 valence electrons. The summed E-state index contributed by atoms with van der Waals surface area (Å²) in [4.78, 5) is 37.3. The molecule has 1 aliphatic carbocycles. The van der Waals surface area contributed by atoms with Gasteiger partial charge >= 0.3 is 18.0 Å². The molecule has 7 nitrogen and oxygen atoms in total. The molecule has 0 aromatic rings. The van der Waals surface area contributed by atoms with Crippen LogP contribution in [0.4, 0.5) is 4.79 Å². The van der Waals surface area contributed by atoms with Crippen LogP contribution in [0.15, 0.2) is 12.3 Å². The molecule has 1 heterocycles. The van der Waals surface area contributed by atoms with E-state index in [9.17, 15) is 19.5 Å². The number of ether oxygens (including phenoxy) is 2. The van der Waals surface area contributed by atoms with Gasteiger partial charge in [-0.25, -0.2) is 4.79 Å². The highest BCUT2D eigenvalue weighted by molar-refractivity contribution is 5.76. The number of carboxylic acids is 1. The van der Waals surface area contributed by atoms with E-state index in [1.807, 2.05) is 0 Å². The van der Waals surface area contributed by atoms with Gasteiger partial charge in [-0.2, -0.15) is 0 Å². The van der Waals surface area contributed by atoms with Gasteiger partial charge < -0.3 is 14.6 Å². The molecule has 0 aromatic carbocycles. The van der Waals surface area contributed by atoms with Crippen molar-refractivity contribution in [3.8, 4) is 0 Å². The number of aliphatic carboxylic acids is 1. The van der Waals surface area contributed by atoms with Crippen LogP contribution >= 0.6 is 0 Å². The summed E-state index contributed by atoms with van der Waals surface area (Å²) < 4.78 is 9.78. The van der Waals surface area contributed by atoms with Gasteiger partial charge in [0, 0.05) is 6.20 Å². The van der Waals surface area contributed by atoms with Crippen molar-refractivity contribution in [1.82, 2.24) is 4.90 Å². The van der Waals surface area contributed by atoms with Crippen molar-refractivity contribution >= 4 is 18.0 Å². The second-order valence-electron chi connectivity index (χ2n) is 6.75. The van der Waals surface area contributed by atoms with Crippen LogP contribution in [0.2, 0.25) is 0 Å². The van der Waals surface area contributed by atoms with Crippen LogP contribution in [0.5, 0.6) is 0 Å². The van der Waals surface area contributed by atoms with E-state index in [1.165, 1.54) is 12.0 Å². The van der Waals surface area contributed by atoms with Gasteiger partial charge in [0.15, 0.2) is 0 Å². The summed E-state index contributed by atoms with van der Waals surface area (Å²) in [6, 6.07) is -0.459. The first-order valence-electron chi connectivity index (χ1n) is 8.88. The topological polar surface area (TPSA) is 93.1 Å². The third-order valence-corrected chi connectivity index (χ3v) is 5.37. The van der Waals surface area contributed by atoms with Crippen LogP contribution in [0, 0.1) is 11.3 Å². The van der Waals surface area contributed by atoms with Gasteiger partial charge in [0.25, 0.3) is 0 Å². The zero-order chi connectivity index (χ0) is 18.4. The summed E-state index contributed by atoms with van der Waals surface area (Å²) in [5.74, 6) is -1.41. The molecule has 0 radical (unpaired) electrons. The molecule has 2 rings (SSSR count). The number of esters is 1. The Morgan fingerprint density at radius 1 is 1.24 bits per heavy atom. The van der Waals surface area contributed by atoms with Gasteiger partial charge in [-0.05, 0) is 32.1 Å². The van der Waals surface area contributed by atoms with E-state index in [4.69, 9.17) is 9.47 Å². The quantitative estimate of drug-likeness (QED) is 0.764. The van der Waals surface area contributed by atoms with Gasteiger partial charge in [0.2, 0.25) is 0 Å². The minimum absolute atomic E-state index is 0.0273. The Morgan fingerprint density at radius 3 is 2.48 bits per heavy atom. The van der Waals surface area contributed by atoms with Crippen molar-refractivity contribution in [2.75, 3.05) is 13.7 Å². The van der Waals surface area contributed by atoms with Crippen LogP contribution < -0.4 is 0 Å². The van der Waals surface area contributed by atoms with E-state index in [0.717, 1.165) is 19.3 Å². The molecule has 0 unspecified atom stereocenters. The Kier molecular flexibility index (Phi) is 6.45. The molecule has 2 aliphatic rings. The first-order chi connectivity index (χ1) is 11.9. The first-order valence-corrected chi connectivity index (χ1v) is 8.88. The van der Waals surface area contributed by atoms with Crippen LogP contribution in [0.1, 0.15) is 51.9 Å². The van der Waals surface area contributed by atoms with Gasteiger partial charge in [-0.1, -0.05) is 25.3 Å². The average molecular weight is 353 g/mol. The predicted molar refractivity (Wildman–Crippen MR) is 89.7 cm³/mol. The van der Waals surface area contributed by atoms with Crippen molar-refractivity contribution < 1.29 is 29.0 Å². The summed E-state index contributed by atoms with van der Waals surface area (Å²) in [7, 11) is 1.28. The maximum Gasteiger partial charge on any atom is 0.413 e. The zero-order valence-corrected chi connectivity index (χ0v) is 14.9. The van der Waals surface area contributed by atoms with E-state index in [0.29, 0.717) is 19.3 Å². The third-order valence-electron chi connectivity index (χ3n) is 5.37. The minimum Gasteiger partial charge on any atom is -0.481 e. The van der Waals surface area contributed by atoms with Crippen molar-refractivity contribution in [2.45, 2.75) is 57.9 Å². The number of amides is 1. The van der Waals surface area contributed by atoms with Gasteiger partial charge in [-0.3, -0.25) is 14.5 Å². The molecule has 0 saturated heterocycles. The lowest BCUT2D eigenvalue weighted by Gasteiger charge is -2.43. The molecule has 25 heavy (non-hydrogen) atoms. The van der Waals surface area contributed by atoms with Crippen LogP contribution in [-0.4, -0.2) is 47.8 Å². The summed E-state index contributed by atoms with van der Waals surface area (Å²) in [5.41, 5.74) is -0.816. The normalized spacial score (nSPS) is 25.3.